The average molecular weight is 240 g/mol. The zero-order chi connectivity index (χ0) is 12.4. The second-order valence-corrected chi connectivity index (χ2v) is 4.61. The molecule has 6 heteroatoms. The summed E-state index contributed by atoms with van der Waals surface area (Å²) in [5, 5.41) is 12.9. The van der Waals surface area contributed by atoms with E-state index in [-0.39, 0.29) is 12.5 Å². The van der Waals surface area contributed by atoms with Gasteiger partial charge in [-0.15, -0.1) is 0 Å². The van der Waals surface area contributed by atoms with Crippen molar-refractivity contribution in [2.75, 3.05) is 7.11 Å². The van der Waals surface area contributed by atoms with Crippen LogP contribution in [-0.2, 0) is 16.1 Å². The van der Waals surface area contributed by atoms with Crippen LogP contribution in [-0.4, -0.2) is 28.3 Å². The third-order valence-electron chi connectivity index (χ3n) is 3.19. The lowest BCUT2D eigenvalue weighted by Gasteiger charge is -2.09. The number of methoxy groups -OCH3 is 1. The van der Waals surface area contributed by atoms with E-state index in [1.54, 1.807) is 7.11 Å². The molecule has 17 heavy (non-hydrogen) atoms. The topological polar surface area (TPSA) is 85.5 Å². The Hall–Kier alpha value is -1.43. The first-order valence-corrected chi connectivity index (χ1v) is 5.66. The molecule has 0 aliphatic heterocycles. The maximum absolute atomic E-state index is 11.1. The van der Waals surface area contributed by atoms with Gasteiger partial charge in [-0.3, -0.25) is 4.79 Å². The monoisotopic (exact) mass is 240 g/mol. The van der Waals surface area contributed by atoms with Gasteiger partial charge in [0.15, 0.2) is 5.82 Å². The molecule has 1 aliphatic rings. The van der Waals surface area contributed by atoms with Gasteiger partial charge in [0.05, 0.1) is 11.8 Å². The van der Waals surface area contributed by atoms with E-state index < -0.39 is 11.9 Å². The summed E-state index contributed by atoms with van der Waals surface area (Å²) in [4.78, 5) is 15.3. The fraction of sp³-hybridized carbons (Fsp3) is 0.727. The van der Waals surface area contributed by atoms with Gasteiger partial charge < -0.3 is 14.4 Å². The van der Waals surface area contributed by atoms with Crippen LogP contribution in [0.3, 0.4) is 0 Å². The fourth-order valence-corrected chi connectivity index (χ4v) is 2.44. The van der Waals surface area contributed by atoms with Gasteiger partial charge in [0.2, 0.25) is 5.89 Å². The number of hydrogen-bond donors (Lipinski definition) is 1. The Morgan fingerprint density at radius 2 is 2.35 bits per heavy atom. The third-order valence-corrected chi connectivity index (χ3v) is 3.19. The number of carboxylic acids is 1. The summed E-state index contributed by atoms with van der Waals surface area (Å²) in [7, 11) is 1.55. The van der Waals surface area contributed by atoms with Gasteiger partial charge in [-0.2, -0.15) is 4.98 Å². The lowest BCUT2D eigenvalue weighted by molar-refractivity contribution is -0.142. The highest BCUT2D eigenvalue weighted by Gasteiger charge is 2.41. The van der Waals surface area contributed by atoms with E-state index in [2.05, 4.69) is 10.1 Å². The first-order chi connectivity index (χ1) is 8.11. The Kier molecular flexibility index (Phi) is 3.42. The van der Waals surface area contributed by atoms with Crippen molar-refractivity contribution < 1.29 is 19.2 Å². The van der Waals surface area contributed by atoms with Crippen LogP contribution in [0.2, 0.25) is 0 Å². The average Bonchev–Trinajstić information content (AvgIpc) is 2.85. The lowest BCUT2D eigenvalue weighted by atomic mass is 9.96. The van der Waals surface area contributed by atoms with Crippen molar-refractivity contribution in [1.29, 1.82) is 0 Å². The molecule has 1 heterocycles. The molecule has 3 atom stereocenters. The molecule has 0 bridgehead atoms. The van der Waals surface area contributed by atoms with Crippen LogP contribution in [0, 0.1) is 11.8 Å². The van der Waals surface area contributed by atoms with Gasteiger partial charge in [-0.1, -0.05) is 12.1 Å². The Morgan fingerprint density at radius 1 is 1.59 bits per heavy atom. The highest BCUT2D eigenvalue weighted by molar-refractivity contribution is 5.71. The van der Waals surface area contributed by atoms with E-state index in [1.165, 1.54) is 0 Å². The molecular formula is C11H16N2O4. The molecular weight excluding hydrogens is 224 g/mol. The van der Waals surface area contributed by atoms with Crippen LogP contribution >= 0.6 is 0 Å². The molecule has 2 rings (SSSR count). The van der Waals surface area contributed by atoms with Crippen molar-refractivity contribution >= 4 is 5.97 Å². The number of carboxylic acid groups (broad SMARTS) is 1. The van der Waals surface area contributed by atoms with Gasteiger partial charge in [0.1, 0.15) is 6.61 Å². The number of rotatable bonds is 4. The van der Waals surface area contributed by atoms with Crippen LogP contribution < -0.4 is 0 Å². The summed E-state index contributed by atoms with van der Waals surface area (Å²) < 4.78 is 10.0. The molecule has 1 fully saturated rings. The third kappa shape index (κ3) is 2.46. The first kappa shape index (κ1) is 12.0. The van der Waals surface area contributed by atoms with Crippen LogP contribution in [0.25, 0.3) is 0 Å². The van der Waals surface area contributed by atoms with E-state index in [4.69, 9.17) is 14.4 Å². The van der Waals surface area contributed by atoms with Crippen molar-refractivity contribution in [3.05, 3.63) is 11.7 Å². The van der Waals surface area contributed by atoms with E-state index >= 15 is 0 Å². The summed E-state index contributed by atoms with van der Waals surface area (Å²) in [6.45, 7) is 2.33. The summed E-state index contributed by atoms with van der Waals surface area (Å²) in [5.74, 6) is -0.105. The predicted octanol–water partition coefficient (Wildman–Crippen LogP) is 1.43. The molecule has 1 aromatic rings. The standard InChI is InChI=1S/C11H16N2O4/c1-6-3-7(8(4-6)11(14)15)10-12-9(5-16-2)13-17-10/h6-8H,3-5H2,1-2H3,(H,14,15). The number of aromatic nitrogens is 2. The van der Waals surface area contributed by atoms with E-state index in [0.29, 0.717) is 24.1 Å². The van der Waals surface area contributed by atoms with Crippen molar-refractivity contribution in [3.8, 4) is 0 Å². The van der Waals surface area contributed by atoms with Crippen molar-refractivity contribution in [3.63, 3.8) is 0 Å². The van der Waals surface area contributed by atoms with E-state index in [1.807, 2.05) is 6.92 Å². The van der Waals surface area contributed by atoms with Gasteiger partial charge in [0.25, 0.3) is 0 Å². The zero-order valence-corrected chi connectivity index (χ0v) is 9.92. The largest absolute Gasteiger partial charge is 0.481 e. The van der Waals surface area contributed by atoms with E-state index in [0.717, 1.165) is 6.42 Å². The molecule has 1 aromatic heterocycles. The second kappa shape index (κ2) is 4.83. The van der Waals surface area contributed by atoms with Crippen LogP contribution in [0.1, 0.15) is 37.4 Å². The Bertz CT molecular complexity index is 404. The SMILES string of the molecule is COCc1noc(C2CC(C)CC2C(=O)O)n1. The first-order valence-electron chi connectivity index (χ1n) is 5.66. The number of nitrogens with zero attached hydrogens (tertiary/aromatic N) is 2. The molecule has 3 unspecified atom stereocenters. The molecule has 0 radical (unpaired) electrons. The molecule has 94 valence electrons. The smallest absolute Gasteiger partial charge is 0.307 e. The van der Waals surface area contributed by atoms with Crippen LogP contribution in [0.15, 0.2) is 4.52 Å². The molecule has 0 aromatic carbocycles. The second-order valence-electron chi connectivity index (χ2n) is 4.61. The molecule has 1 aliphatic carbocycles. The molecule has 0 saturated heterocycles. The van der Waals surface area contributed by atoms with Crippen molar-refractivity contribution in [2.45, 2.75) is 32.3 Å². The quantitative estimate of drug-likeness (QED) is 0.856. The molecule has 0 amide bonds. The Labute approximate surface area is 99.0 Å². The van der Waals surface area contributed by atoms with Gasteiger partial charge in [0, 0.05) is 7.11 Å². The number of carbonyl (C=O) groups is 1. The summed E-state index contributed by atoms with van der Waals surface area (Å²) >= 11 is 0. The number of ether oxygens (including phenoxy) is 1. The van der Waals surface area contributed by atoms with Crippen molar-refractivity contribution in [1.82, 2.24) is 10.1 Å². The molecule has 1 saturated carbocycles. The Morgan fingerprint density at radius 3 is 3.00 bits per heavy atom. The minimum Gasteiger partial charge on any atom is -0.481 e. The zero-order valence-electron chi connectivity index (χ0n) is 9.92. The lowest BCUT2D eigenvalue weighted by Crippen LogP contribution is -2.17. The van der Waals surface area contributed by atoms with Crippen LogP contribution in [0.4, 0.5) is 0 Å². The fourth-order valence-electron chi connectivity index (χ4n) is 2.44. The van der Waals surface area contributed by atoms with Crippen LogP contribution in [0.5, 0.6) is 0 Å². The molecule has 1 N–H and O–H groups in total. The van der Waals surface area contributed by atoms with Gasteiger partial charge >= 0.3 is 5.97 Å². The van der Waals surface area contributed by atoms with Crippen molar-refractivity contribution in [2.24, 2.45) is 11.8 Å². The number of aliphatic carboxylic acids is 1. The highest BCUT2D eigenvalue weighted by Crippen LogP contribution is 2.42. The maximum Gasteiger partial charge on any atom is 0.307 e. The minimum absolute atomic E-state index is 0.166. The minimum atomic E-state index is -0.786. The van der Waals surface area contributed by atoms with E-state index in [9.17, 15) is 4.79 Å². The normalized spacial score (nSPS) is 28.5. The molecule has 0 spiro atoms. The van der Waals surface area contributed by atoms with Gasteiger partial charge in [-0.25, -0.2) is 0 Å². The van der Waals surface area contributed by atoms with Gasteiger partial charge in [-0.05, 0) is 18.8 Å². The molecule has 6 nitrogen and oxygen atoms in total. The summed E-state index contributed by atoms with van der Waals surface area (Å²) in [6.07, 6.45) is 1.45. The highest BCUT2D eigenvalue weighted by atomic mass is 16.5. The number of hydrogen-bond acceptors (Lipinski definition) is 5. The Balaban J connectivity index is 2.16. The summed E-state index contributed by atoms with van der Waals surface area (Å²) in [5.41, 5.74) is 0. The summed E-state index contributed by atoms with van der Waals surface area (Å²) in [6, 6.07) is 0. The predicted molar refractivity (Wildman–Crippen MR) is 57.3 cm³/mol. The maximum atomic E-state index is 11.1.